The molecular formula is C25H32N6O4S. The van der Waals surface area contributed by atoms with Crippen molar-refractivity contribution in [3.05, 3.63) is 43.8 Å². The number of thiazole rings is 1. The van der Waals surface area contributed by atoms with Gasteiger partial charge >= 0.3 is 12.0 Å². The van der Waals surface area contributed by atoms with E-state index < -0.39 is 5.97 Å². The van der Waals surface area contributed by atoms with Crippen molar-refractivity contribution >= 4 is 46.5 Å². The number of rotatable bonds is 9. The molecule has 1 fully saturated rings. The van der Waals surface area contributed by atoms with E-state index in [1.807, 2.05) is 6.07 Å². The zero-order valence-electron chi connectivity index (χ0n) is 20.8. The van der Waals surface area contributed by atoms with Crippen LogP contribution in [0.4, 0.5) is 16.2 Å². The van der Waals surface area contributed by atoms with E-state index >= 15 is 0 Å². The Morgan fingerprint density at radius 3 is 2.56 bits per heavy atom. The summed E-state index contributed by atoms with van der Waals surface area (Å²) in [5.41, 5.74) is 0.856. The predicted octanol–water partition coefficient (Wildman–Crippen LogP) is 1.62. The summed E-state index contributed by atoms with van der Waals surface area (Å²) < 4.78 is 6.94. The largest absolute Gasteiger partial charge is 0.462 e. The molecule has 11 heteroatoms. The fourth-order valence-corrected chi connectivity index (χ4v) is 5.18. The summed E-state index contributed by atoms with van der Waals surface area (Å²) in [7, 11) is 0. The molecule has 192 valence electrons. The molecule has 1 aliphatic heterocycles. The monoisotopic (exact) mass is 512 g/mol. The Hall–Kier alpha value is -3.62. The Balaban J connectivity index is 1.68. The lowest BCUT2D eigenvalue weighted by molar-refractivity contribution is -0.136. The summed E-state index contributed by atoms with van der Waals surface area (Å²) in [5.74, 6) is -0.749. The van der Waals surface area contributed by atoms with E-state index in [1.165, 1.54) is 4.57 Å². The molecule has 0 saturated carbocycles. The van der Waals surface area contributed by atoms with Crippen LogP contribution in [0.15, 0.2) is 29.1 Å². The lowest BCUT2D eigenvalue weighted by atomic mass is 10.2. The summed E-state index contributed by atoms with van der Waals surface area (Å²) in [6, 6.07) is 9.07. The Kier molecular flexibility index (Phi) is 9.67. The SMILES string of the molecule is CCOC(=O)/C(C#N)=c1/s/c(=C/Nc2ccc(NC(=O)NCC3CCCN3CC)cc2)c(=O)n1CC. The van der Waals surface area contributed by atoms with Crippen LogP contribution >= 0.6 is 11.3 Å². The average molecular weight is 513 g/mol. The number of benzene rings is 1. The van der Waals surface area contributed by atoms with Gasteiger partial charge in [-0.3, -0.25) is 14.3 Å². The molecular weight excluding hydrogens is 480 g/mol. The van der Waals surface area contributed by atoms with E-state index in [-0.39, 0.29) is 28.4 Å². The number of likely N-dealkylation sites (N-methyl/N-ethyl adjacent to an activating group) is 1. The van der Waals surface area contributed by atoms with Gasteiger partial charge in [0.1, 0.15) is 15.3 Å². The van der Waals surface area contributed by atoms with Gasteiger partial charge in [0.2, 0.25) is 0 Å². The van der Waals surface area contributed by atoms with Gasteiger partial charge in [-0.2, -0.15) is 5.26 Å². The second-order valence-electron chi connectivity index (χ2n) is 8.15. The van der Waals surface area contributed by atoms with Gasteiger partial charge in [0.25, 0.3) is 5.56 Å². The smallest absolute Gasteiger partial charge is 0.351 e. The number of hydrogen-bond donors (Lipinski definition) is 3. The van der Waals surface area contributed by atoms with E-state index in [2.05, 4.69) is 27.8 Å². The highest BCUT2D eigenvalue weighted by Gasteiger charge is 2.23. The third-order valence-corrected chi connectivity index (χ3v) is 7.08. The van der Waals surface area contributed by atoms with Crippen LogP contribution in [0, 0.1) is 11.3 Å². The summed E-state index contributed by atoms with van der Waals surface area (Å²) in [5, 5.41) is 18.3. The molecule has 3 rings (SSSR count). The molecule has 36 heavy (non-hydrogen) atoms. The van der Waals surface area contributed by atoms with Crippen molar-refractivity contribution in [2.45, 2.75) is 46.2 Å². The van der Waals surface area contributed by atoms with Gasteiger partial charge in [0.15, 0.2) is 5.57 Å². The molecule has 0 spiro atoms. The number of nitriles is 1. The lowest BCUT2D eigenvalue weighted by Crippen LogP contribution is -2.41. The standard InChI is InChI=1S/C25H32N6O4S/c1-4-30-13-7-8-19(30)15-28-25(34)29-18-11-9-17(10-12-18)27-16-21-22(32)31(5-2)23(36-21)20(14-26)24(33)35-6-3/h9-12,16,19,27H,4-8,13,15H2,1-3H3,(H2,28,29,34)/b21-16+,23-20+. The molecule has 1 aliphatic rings. The van der Waals surface area contributed by atoms with E-state index in [4.69, 9.17) is 4.74 Å². The fourth-order valence-electron chi connectivity index (χ4n) is 4.10. The molecule has 1 atom stereocenters. The van der Waals surface area contributed by atoms with Gasteiger partial charge in [-0.05, 0) is 64.0 Å². The summed E-state index contributed by atoms with van der Waals surface area (Å²) >= 11 is 1.05. The number of anilines is 2. The van der Waals surface area contributed by atoms with Crippen molar-refractivity contribution in [2.24, 2.45) is 0 Å². The van der Waals surface area contributed by atoms with Crippen LogP contribution in [0.1, 0.15) is 33.6 Å². The van der Waals surface area contributed by atoms with Gasteiger partial charge in [-0.1, -0.05) is 6.92 Å². The minimum absolute atomic E-state index is 0.136. The molecule has 1 unspecified atom stereocenters. The maximum absolute atomic E-state index is 12.8. The molecule has 10 nitrogen and oxygen atoms in total. The third kappa shape index (κ3) is 6.53. The van der Waals surface area contributed by atoms with Crippen LogP contribution < -0.4 is 30.7 Å². The van der Waals surface area contributed by atoms with Crippen LogP contribution in [-0.4, -0.2) is 53.8 Å². The van der Waals surface area contributed by atoms with Crippen LogP contribution in [0.2, 0.25) is 0 Å². The molecule has 3 N–H and O–H groups in total. The molecule has 0 bridgehead atoms. The number of ether oxygens (including phenoxy) is 1. The average Bonchev–Trinajstić information content (AvgIpc) is 3.46. The van der Waals surface area contributed by atoms with Crippen molar-refractivity contribution in [2.75, 3.05) is 36.9 Å². The minimum Gasteiger partial charge on any atom is -0.462 e. The number of likely N-dealkylation sites (tertiary alicyclic amines) is 1. The topological polar surface area (TPSA) is 128 Å². The van der Waals surface area contributed by atoms with Crippen LogP contribution in [-0.2, 0) is 16.1 Å². The molecule has 1 aromatic heterocycles. The number of carbonyl (C=O) groups excluding carboxylic acids is 2. The first-order chi connectivity index (χ1) is 17.4. The van der Waals surface area contributed by atoms with Crippen LogP contribution in [0.5, 0.6) is 0 Å². The zero-order valence-corrected chi connectivity index (χ0v) is 21.6. The van der Waals surface area contributed by atoms with Gasteiger partial charge in [0.05, 0.1) is 6.61 Å². The first kappa shape index (κ1) is 27.0. The number of carbonyl (C=O) groups is 2. The third-order valence-electron chi connectivity index (χ3n) is 5.95. The van der Waals surface area contributed by atoms with Gasteiger partial charge in [0, 0.05) is 36.7 Å². The molecule has 1 saturated heterocycles. The zero-order chi connectivity index (χ0) is 26.1. The maximum atomic E-state index is 12.8. The van der Waals surface area contributed by atoms with Gasteiger partial charge in [-0.25, -0.2) is 9.59 Å². The lowest BCUT2D eigenvalue weighted by Gasteiger charge is -2.22. The number of aromatic nitrogens is 1. The molecule has 2 amide bonds. The minimum atomic E-state index is -0.749. The van der Waals surface area contributed by atoms with E-state index in [0.717, 1.165) is 37.3 Å². The van der Waals surface area contributed by atoms with Gasteiger partial charge < -0.3 is 20.7 Å². The number of amides is 2. The van der Waals surface area contributed by atoms with Crippen molar-refractivity contribution in [1.82, 2.24) is 14.8 Å². The molecule has 0 radical (unpaired) electrons. The number of urea groups is 1. The molecule has 2 aromatic rings. The molecule has 0 aliphatic carbocycles. The van der Waals surface area contributed by atoms with E-state index in [1.54, 1.807) is 44.3 Å². The van der Waals surface area contributed by atoms with E-state index in [9.17, 15) is 19.6 Å². The van der Waals surface area contributed by atoms with Gasteiger partial charge in [-0.15, -0.1) is 11.3 Å². The highest BCUT2D eigenvalue weighted by molar-refractivity contribution is 7.07. The quantitative estimate of drug-likeness (QED) is 0.436. The van der Waals surface area contributed by atoms with Crippen molar-refractivity contribution in [1.29, 1.82) is 5.26 Å². The Labute approximate surface area is 213 Å². The molecule has 1 aromatic carbocycles. The molecule has 2 heterocycles. The van der Waals surface area contributed by atoms with Crippen LogP contribution in [0.3, 0.4) is 0 Å². The fraction of sp³-hybridized carbons (Fsp3) is 0.440. The second kappa shape index (κ2) is 12.9. The summed E-state index contributed by atoms with van der Waals surface area (Å²) in [4.78, 5) is 39.6. The van der Waals surface area contributed by atoms with E-state index in [0.29, 0.717) is 35.0 Å². The summed E-state index contributed by atoms with van der Waals surface area (Å²) in [6.07, 6.45) is 3.80. The van der Waals surface area contributed by atoms with Crippen molar-refractivity contribution in [3.63, 3.8) is 0 Å². The second-order valence-corrected chi connectivity index (χ2v) is 9.18. The van der Waals surface area contributed by atoms with Crippen LogP contribution in [0.25, 0.3) is 11.8 Å². The number of hydrogen-bond acceptors (Lipinski definition) is 8. The number of esters is 1. The van der Waals surface area contributed by atoms with Crippen molar-refractivity contribution in [3.8, 4) is 6.07 Å². The highest BCUT2D eigenvalue weighted by Crippen LogP contribution is 2.16. The Morgan fingerprint density at radius 2 is 1.92 bits per heavy atom. The predicted molar refractivity (Wildman–Crippen MR) is 141 cm³/mol. The maximum Gasteiger partial charge on any atom is 0.351 e. The Bertz CT molecular complexity index is 1290. The first-order valence-corrected chi connectivity index (χ1v) is 12.9. The first-order valence-electron chi connectivity index (χ1n) is 12.1. The number of nitrogens with one attached hydrogen (secondary N) is 3. The van der Waals surface area contributed by atoms with Crippen molar-refractivity contribution < 1.29 is 14.3 Å². The summed E-state index contributed by atoms with van der Waals surface area (Å²) in [6.45, 7) is 8.69. The highest BCUT2D eigenvalue weighted by atomic mass is 32.1. The Morgan fingerprint density at radius 1 is 1.19 bits per heavy atom. The normalized spacial score (nSPS) is 16.8. The number of nitrogens with zero attached hydrogens (tertiary/aromatic N) is 3.